The van der Waals surface area contributed by atoms with Gasteiger partial charge >= 0.3 is 25.8 Å². The molecule has 168 valence electrons. The maximum absolute atomic E-state index is 2.47. The van der Waals surface area contributed by atoms with E-state index in [0.29, 0.717) is 11.3 Å². The van der Waals surface area contributed by atoms with Crippen molar-refractivity contribution in [1.82, 2.24) is 0 Å². The van der Waals surface area contributed by atoms with Crippen LogP contribution in [0.25, 0.3) is 10.8 Å². The van der Waals surface area contributed by atoms with Gasteiger partial charge in [0.1, 0.15) is 0 Å². The van der Waals surface area contributed by atoms with Gasteiger partial charge in [-0.1, -0.05) is 85.8 Å². The Morgan fingerprint density at radius 2 is 1.42 bits per heavy atom. The summed E-state index contributed by atoms with van der Waals surface area (Å²) in [5.74, 6) is 0.676. The molecule has 0 aromatic heterocycles. The van der Waals surface area contributed by atoms with Crippen LogP contribution in [0.4, 0.5) is 0 Å². The maximum atomic E-state index is 2.47. The summed E-state index contributed by atoms with van der Waals surface area (Å²) in [6, 6.07) is 9.55. The average Bonchev–Trinajstić information content (AvgIpc) is 3.24. The van der Waals surface area contributed by atoms with Crippen LogP contribution < -0.4 is 0 Å². The minimum atomic E-state index is 0. The molecule has 4 rings (SSSR count). The molecule has 0 saturated carbocycles. The summed E-state index contributed by atoms with van der Waals surface area (Å²) >= 11 is 0. The summed E-state index contributed by atoms with van der Waals surface area (Å²) in [6.07, 6.45) is 3.70. The molecule has 0 amide bonds. The Kier molecular flexibility index (Phi) is 10.9. The predicted molar refractivity (Wildman–Crippen MR) is 138 cm³/mol. The molecule has 1 heteroatoms. The zero-order valence-electron chi connectivity index (χ0n) is 22.0. The first-order valence-corrected chi connectivity index (χ1v) is 11.0. The largest absolute Gasteiger partial charge is 4.00 e. The molecule has 0 spiro atoms. The van der Waals surface area contributed by atoms with Crippen LogP contribution in [0.1, 0.15) is 84.5 Å². The molecule has 0 nitrogen and oxygen atoms in total. The summed E-state index contributed by atoms with van der Waals surface area (Å²) in [7, 11) is 0. The summed E-state index contributed by atoms with van der Waals surface area (Å²) in [5.41, 5.74) is 12.5. The molecule has 1 aliphatic carbocycles. The molecule has 0 bridgehead atoms. The van der Waals surface area contributed by atoms with E-state index in [-0.39, 0.29) is 40.7 Å². The Morgan fingerprint density at radius 3 is 1.84 bits per heavy atom. The summed E-state index contributed by atoms with van der Waals surface area (Å²) in [6.45, 7) is 20.4. The second-order valence-corrected chi connectivity index (χ2v) is 9.95. The molecule has 1 atom stereocenters. The number of hydrogen-bond acceptors (Lipinski definition) is 0. The number of fused-ring (bicyclic) bond motifs is 2. The Labute approximate surface area is 212 Å². The van der Waals surface area contributed by atoms with E-state index in [1.54, 1.807) is 16.7 Å². The second-order valence-electron chi connectivity index (χ2n) is 9.95. The zero-order chi connectivity index (χ0) is 20.8. The minimum Gasteiger partial charge on any atom is -0.358 e. The van der Waals surface area contributed by atoms with Crippen molar-refractivity contribution < 1.29 is 25.8 Å². The summed E-state index contributed by atoms with van der Waals surface area (Å²) < 4.78 is 0. The van der Waals surface area contributed by atoms with Gasteiger partial charge in [0.15, 0.2) is 0 Å². The Morgan fingerprint density at radius 1 is 0.935 bits per heavy atom. The van der Waals surface area contributed by atoms with Crippen molar-refractivity contribution in [2.45, 2.75) is 87.5 Å². The smallest absolute Gasteiger partial charge is 0.358 e. The van der Waals surface area contributed by atoms with Crippen molar-refractivity contribution in [3.05, 3.63) is 83.6 Å². The van der Waals surface area contributed by atoms with E-state index < -0.39 is 0 Å². The topological polar surface area (TPSA) is 0 Å². The van der Waals surface area contributed by atoms with Crippen LogP contribution >= 0.6 is 0 Å². The van der Waals surface area contributed by atoms with Crippen molar-refractivity contribution >= 4 is 10.8 Å². The van der Waals surface area contributed by atoms with Crippen molar-refractivity contribution in [3.8, 4) is 0 Å². The van der Waals surface area contributed by atoms with Gasteiger partial charge in [-0.25, -0.2) is 0 Å². The molecule has 0 fully saturated rings. The summed E-state index contributed by atoms with van der Waals surface area (Å²) in [5, 5.41) is 2.95. The number of rotatable bonds is 2. The first kappa shape index (κ1) is 30.1. The SMILES string of the molecule is CCC(C)[c-]1ccc2cc3c(cc21)CC(C)(C)C3.Cc1c(C)c(C)[c-](C)c1C.[CH3-].[CH3-].[Hf+4]. The molecule has 0 N–H and O–H groups in total. The first-order valence-electron chi connectivity index (χ1n) is 11.0. The number of benzene rings is 1. The molecule has 0 saturated heterocycles. The fourth-order valence-corrected chi connectivity index (χ4v) is 4.84. The normalized spacial score (nSPS) is 14.5. The van der Waals surface area contributed by atoms with Gasteiger partial charge in [0, 0.05) is 0 Å². The maximum Gasteiger partial charge on any atom is 4.00 e. The summed E-state index contributed by atoms with van der Waals surface area (Å²) in [4.78, 5) is 0. The molecule has 0 heterocycles. The van der Waals surface area contributed by atoms with Gasteiger partial charge in [-0.05, 0) is 18.3 Å². The van der Waals surface area contributed by atoms with E-state index in [9.17, 15) is 0 Å². The van der Waals surface area contributed by atoms with Gasteiger partial charge in [0.05, 0.1) is 0 Å². The van der Waals surface area contributed by atoms with Gasteiger partial charge < -0.3 is 14.9 Å². The van der Waals surface area contributed by atoms with Gasteiger partial charge in [-0.2, -0.15) is 33.9 Å². The minimum absolute atomic E-state index is 0. The average molecular weight is 583 g/mol. The van der Waals surface area contributed by atoms with Gasteiger partial charge in [-0.3, -0.25) is 0 Å². The quantitative estimate of drug-likeness (QED) is 0.209. The van der Waals surface area contributed by atoms with E-state index in [1.165, 1.54) is 57.9 Å². The third kappa shape index (κ3) is 5.89. The van der Waals surface area contributed by atoms with Gasteiger partial charge in [-0.15, -0.1) is 34.5 Å². The van der Waals surface area contributed by atoms with Crippen molar-refractivity contribution in [1.29, 1.82) is 0 Å². The van der Waals surface area contributed by atoms with Crippen LogP contribution in [0.3, 0.4) is 0 Å². The molecule has 0 radical (unpaired) electrons. The molecule has 1 aliphatic rings. The Balaban J connectivity index is 0.000000604. The molecule has 3 aromatic rings. The van der Waals surface area contributed by atoms with Crippen LogP contribution in [-0.4, -0.2) is 0 Å². The van der Waals surface area contributed by atoms with E-state index in [1.807, 2.05) is 0 Å². The molecule has 0 aliphatic heterocycles. The van der Waals surface area contributed by atoms with Crippen LogP contribution in [0.2, 0.25) is 0 Å². The standard InChI is InChI=1S/C18H23.C10H15.2CH3.Hf/c1-5-12(2)16-7-6-13-8-14-10-18(3,4)11-15(14)9-17(13)16;1-6-7(2)9(4)10(5)8(6)3;;;/h6-9,12H,5,10-11H2,1-4H3;1-5H3;2*1H3;/q4*-1;+4. The van der Waals surface area contributed by atoms with E-state index in [0.717, 1.165) is 0 Å². The molecule has 1 unspecified atom stereocenters. The van der Waals surface area contributed by atoms with Gasteiger partial charge in [0.2, 0.25) is 0 Å². The van der Waals surface area contributed by atoms with Gasteiger partial charge in [0.25, 0.3) is 0 Å². The van der Waals surface area contributed by atoms with Crippen molar-refractivity contribution in [3.63, 3.8) is 0 Å². The fourth-order valence-electron chi connectivity index (χ4n) is 4.84. The molecular weight excluding hydrogens is 539 g/mol. The first-order chi connectivity index (χ1) is 13.1. The molecule has 3 aromatic carbocycles. The van der Waals surface area contributed by atoms with Crippen LogP contribution in [0.15, 0.2) is 24.3 Å². The second kappa shape index (κ2) is 11.3. The Bertz CT molecular complexity index is 913. The third-order valence-corrected chi connectivity index (χ3v) is 7.42. The van der Waals surface area contributed by atoms with E-state index >= 15 is 0 Å². The van der Waals surface area contributed by atoms with Crippen molar-refractivity contribution in [2.75, 3.05) is 0 Å². The van der Waals surface area contributed by atoms with E-state index in [4.69, 9.17) is 0 Å². The molecular formula is C30H44Hf. The zero-order valence-corrected chi connectivity index (χ0v) is 25.6. The third-order valence-electron chi connectivity index (χ3n) is 7.42. The van der Waals surface area contributed by atoms with Crippen LogP contribution in [0.5, 0.6) is 0 Å². The number of hydrogen-bond donors (Lipinski definition) is 0. The predicted octanol–water partition coefficient (Wildman–Crippen LogP) is 9.04. The van der Waals surface area contributed by atoms with Crippen LogP contribution in [0, 0.1) is 54.9 Å². The van der Waals surface area contributed by atoms with Crippen LogP contribution in [-0.2, 0) is 38.7 Å². The fraction of sp³-hybridized carbons (Fsp3) is 0.467. The molecule has 31 heavy (non-hydrogen) atoms. The van der Waals surface area contributed by atoms with Crippen molar-refractivity contribution in [2.24, 2.45) is 5.41 Å². The Hall–Kier alpha value is -0.950. The van der Waals surface area contributed by atoms with E-state index in [2.05, 4.69) is 86.6 Å². The monoisotopic (exact) mass is 584 g/mol.